The standard InChI is InChI=1S/C22H25NO5/c1-4-9-23-15(2)12-18(16(23)3)19(24)14-28-22(25)8-6-17-5-7-20-21(13-17)27-11-10-26-20/h5-8,12-13H,4,9-11,14H2,1-3H3/b8-6+. The molecule has 0 bridgehead atoms. The summed E-state index contributed by atoms with van der Waals surface area (Å²) in [5.74, 6) is 0.582. The van der Waals surface area contributed by atoms with E-state index in [1.807, 2.05) is 26.0 Å². The molecule has 0 amide bonds. The van der Waals surface area contributed by atoms with Crippen LogP contribution in [0, 0.1) is 13.8 Å². The molecule has 0 fully saturated rings. The van der Waals surface area contributed by atoms with E-state index in [1.165, 1.54) is 6.08 Å². The zero-order valence-electron chi connectivity index (χ0n) is 16.5. The van der Waals surface area contributed by atoms with Crippen LogP contribution in [0.4, 0.5) is 0 Å². The van der Waals surface area contributed by atoms with Crippen molar-refractivity contribution < 1.29 is 23.8 Å². The van der Waals surface area contributed by atoms with E-state index in [0.717, 1.165) is 29.9 Å². The fourth-order valence-electron chi connectivity index (χ4n) is 3.24. The number of carbonyl (C=O) groups excluding carboxylic acids is 2. The molecule has 0 saturated heterocycles. The van der Waals surface area contributed by atoms with Crippen molar-refractivity contribution in [1.29, 1.82) is 0 Å². The Morgan fingerprint density at radius 2 is 1.89 bits per heavy atom. The first-order valence-corrected chi connectivity index (χ1v) is 9.44. The third kappa shape index (κ3) is 4.44. The van der Waals surface area contributed by atoms with Gasteiger partial charge < -0.3 is 18.8 Å². The van der Waals surface area contributed by atoms with Crippen LogP contribution in [0.5, 0.6) is 11.5 Å². The van der Waals surface area contributed by atoms with Gasteiger partial charge in [-0.15, -0.1) is 0 Å². The van der Waals surface area contributed by atoms with E-state index in [0.29, 0.717) is 30.3 Å². The molecule has 3 rings (SSSR count). The summed E-state index contributed by atoms with van der Waals surface area (Å²) in [6, 6.07) is 7.28. The zero-order valence-corrected chi connectivity index (χ0v) is 16.5. The van der Waals surface area contributed by atoms with Gasteiger partial charge in [0, 0.05) is 29.6 Å². The van der Waals surface area contributed by atoms with Crippen LogP contribution >= 0.6 is 0 Å². The molecular formula is C22H25NO5. The lowest BCUT2D eigenvalue weighted by Crippen LogP contribution is -2.15. The molecule has 1 aliphatic rings. The van der Waals surface area contributed by atoms with E-state index in [1.54, 1.807) is 18.2 Å². The molecule has 1 aromatic carbocycles. The van der Waals surface area contributed by atoms with Gasteiger partial charge in [-0.25, -0.2) is 4.79 Å². The van der Waals surface area contributed by atoms with Crippen molar-refractivity contribution in [2.45, 2.75) is 33.7 Å². The molecular weight excluding hydrogens is 358 g/mol. The van der Waals surface area contributed by atoms with E-state index < -0.39 is 5.97 Å². The number of ketones is 1. The number of hydrogen-bond donors (Lipinski definition) is 0. The molecule has 2 aromatic rings. The summed E-state index contributed by atoms with van der Waals surface area (Å²) in [5.41, 5.74) is 3.34. The highest BCUT2D eigenvalue weighted by Gasteiger charge is 2.16. The first-order chi connectivity index (χ1) is 13.5. The lowest BCUT2D eigenvalue weighted by molar-refractivity contribution is -0.136. The number of nitrogens with zero attached hydrogens (tertiary/aromatic N) is 1. The summed E-state index contributed by atoms with van der Waals surface area (Å²) >= 11 is 0. The predicted molar refractivity (Wildman–Crippen MR) is 106 cm³/mol. The van der Waals surface area contributed by atoms with Crippen LogP contribution in [0.2, 0.25) is 0 Å². The minimum Gasteiger partial charge on any atom is -0.486 e. The number of aryl methyl sites for hydroxylation is 1. The fraction of sp³-hybridized carbons (Fsp3) is 0.364. The quantitative estimate of drug-likeness (QED) is 0.414. The van der Waals surface area contributed by atoms with Crippen LogP contribution < -0.4 is 9.47 Å². The Kier molecular flexibility index (Phi) is 6.19. The molecule has 0 aliphatic carbocycles. The highest BCUT2D eigenvalue weighted by atomic mass is 16.6. The van der Waals surface area contributed by atoms with Crippen LogP contribution in [0.3, 0.4) is 0 Å². The van der Waals surface area contributed by atoms with Crippen LogP contribution in [0.25, 0.3) is 6.08 Å². The number of fused-ring (bicyclic) bond motifs is 1. The SMILES string of the molecule is CCCn1c(C)cc(C(=O)COC(=O)/C=C/c2ccc3c(c2)OCCO3)c1C. The maximum absolute atomic E-state index is 12.4. The summed E-state index contributed by atoms with van der Waals surface area (Å²) in [6.45, 7) is 7.60. The van der Waals surface area contributed by atoms with Crippen LogP contribution in [-0.2, 0) is 16.1 Å². The van der Waals surface area contributed by atoms with Crippen LogP contribution in [-0.4, -0.2) is 36.1 Å². The average Bonchev–Trinajstić information content (AvgIpc) is 2.99. The first kappa shape index (κ1) is 19.7. The van der Waals surface area contributed by atoms with Crippen molar-refractivity contribution in [3.63, 3.8) is 0 Å². The molecule has 0 saturated carbocycles. The van der Waals surface area contributed by atoms with Crippen molar-refractivity contribution in [2.75, 3.05) is 19.8 Å². The number of aromatic nitrogens is 1. The lowest BCUT2D eigenvalue weighted by Gasteiger charge is -2.18. The normalized spacial score (nSPS) is 13.0. The highest BCUT2D eigenvalue weighted by molar-refractivity contribution is 6.00. The Morgan fingerprint density at radius 3 is 2.64 bits per heavy atom. The molecule has 0 atom stereocenters. The highest BCUT2D eigenvalue weighted by Crippen LogP contribution is 2.31. The van der Waals surface area contributed by atoms with Gasteiger partial charge >= 0.3 is 5.97 Å². The number of Topliss-reactive ketones (excluding diaryl/α,β-unsaturated/α-hetero) is 1. The minimum absolute atomic E-state index is 0.198. The van der Waals surface area contributed by atoms with Gasteiger partial charge in [0.05, 0.1) is 0 Å². The minimum atomic E-state index is -0.564. The van der Waals surface area contributed by atoms with Crippen LogP contribution in [0.15, 0.2) is 30.3 Å². The maximum Gasteiger partial charge on any atom is 0.331 e. The Balaban J connectivity index is 1.57. The molecule has 0 unspecified atom stereocenters. The van der Waals surface area contributed by atoms with Crippen molar-refractivity contribution in [3.05, 3.63) is 52.9 Å². The summed E-state index contributed by atoms with van der Waals surface area (Å²) in [7, 11) is 0. The Bertz CT molecular complexity index is 910. The Labute approximate surface area is 164 Å². The second-order valence-corrected chi connectivity index (χ2v) is 6.70. The number of esters is 1. The Morgan fingerprint density at radius 1 is 1.14 bits per heavy atom. The fourth-order valence-corrected chi connectivity index (χ4v) is 3.24. The number of hydrogen-bond acceptors (Lipinski definition) is 5. The topological polar surface area (TPSA) is 66.8 Å². The molecule has 2 heterocycles. The van der Waals surface area contributed by atoms with E-state index in [2.05, 4.69) is 11.5 Å². The summed E-state index contributed by atoms with van der Waals surface area (Å²) in [6.07, 6.45) is 3.92. The molecule has 0 radical (unpaired) electrons. The van der Waals surface area contributed by atoms with Crippen molar-refractivity contribution in [3.8, 4) is 11.5 Å². The zero-order chi connectivity index (χ0) is 20.1. The van der Waals surface area contributed by atoms with Gasteiger partial charge in [0.2, 0.25) is 5.78 Å². The summed E-state index contributed by atoms with van der Waals surface area (Å²) < 4.78 is 18.2. The van der Waals surface area contributed by atoms with E-state index >= 15 is 0 Å². The van der Waals surface area contributed by atoms with E-state index in [9.17, 15) is 9.59 Å². The number of ether oxygens (including phenoxy) is 3. The largest absolute Gasteiger partial charge is 0.486 e. The Hall–Kier alpha value is -3.02. The van der Waals surface area contributed by atoms with Gasteiger partial charge in [0.25, 0.3) is 0 Å². The van der Waals surface area contributed by atoms with Gasteiger partial charge in [0.15, 0.2) is 18.1 Å². The van der Waals surface area contributed by atoms with E-state index in [-0.39, 0.29) is 12.4 Å². The average molecular weight is 383 g/mol. The van der Waals surface area contributed by atoms with Crippen molar-refractivity contribution in [1.82, 2.24) is 4.57 Å². The molecule has 148 valence electrons. The predicted octanol–water partition coefficient (Wildman–Crippen LogP) is 3.73. The maximum atomic E-state index is 12.4. The summed E-state index contributed by atoms with van der Waals surface area (Å²) in [4.78, 5) is 24.4. The first-order valence-electron chi connectivity index (χ1n) is 9.44. The molecule has 6 heteroatoms. The number of benzene rings is 1. The lowest BCUT2D eigenvalue weighted by atomic mass is 10.1. The van der Waals surface area contributed by atoms with Crippen molar-refractivity contribution in [2.24, 2.45) is 0 Å². The second-order valence-electron chi connectivity index (χ2n) is 6.70. The second kappa shape index (κ2) is 8.78. The molecule has 28 heavy (non-hydrogen) atoms. The number of rotatable bonds is 7. The smallest absolute Gasteiger partial charge is 0.331 e. The van der Waals surface area contributed by atoms with Gasteiger partial charge in [-0.3, -0.25) is 4.79 Å². The summed E-state index contributed by atoms with van der Waals surface area (Å²) in [5, 5.41) is 0. The van der Waals surface area contributed by atoms with Crippen LogP contribution in [0.1, 0.15) is 40.7 Å². The molecule has 1 aromatic heterocycles. The molecule has 0 N–H and O–H groups in total. The monoisotopic (exact) mass is 383 g/mol. The number of carbonyl (C=O) groups is 2. The van der Waals surface area contributed by atoms with Gasteiger partial charge in [0.1, 0.15) is 13.2 Å². The third-order valence-corrected chi connectivity index (χ3v) is 4.64. The molecule has 6 nitrogen and oxygen atoms in total. The van der Waals surface area contributed by atoms with Gasteiger partial charge in [-0.2, -0.15) is 0 Å². The van der Waals surface area contributed by atoms with E-state index in [4.69, 9.17) is 14.2 Å². The third-order valence-electron chi connectivity index (χ3n) is 4.64. The van der Waals surface area contributed by atoms with Gasteiger partial charge in [-0.05, 0) is 50.1 Å². The van der Waals surface area contributed by atoms with Crippen molar-refractivity contribution >= 4 is 17.8 Å². The molecule has 1 aliphatic heterocycles. The molecule has 0 spiro atoms. The van der Waals surface area contributed by atoms with Gasteiger partial charge in [-0.1, -0.05) is 13.0 Å².